The first-order valence-electron chi connectivity index (χ1n) is 49.8. The molecule has 150 heavy (non-hydrogen) atoms. The van der Waals surface area contributed by atoms with Crippen molar-refractivity contribution < 1.29 is 13.3 Å². The Balaban J connectivity index is 0.000000108. The van der Waals surface area contributed by atoms with Gasteiger partial charge in [-0.3, -0.25) is 15.0 Å². The minimum absolute atomic E-state index is 0.611. The number of pyridine rings is 3. The van der Waals surface area contributed by atoms with Crippen LogP contribution in [0.1, 0.15) is 0 Å². The number of hydrogen-bond acceptors (Lipinski definition) is 15. The molecule has 15 heteroatoms. The second kappa shape index (κ2) is 37.7. The van der Waals surface area contributed by atoms with E-state index >= 15 is 0 Å². The lowest BCUT2D eigenvalue weighted by Crippen LogP contribution is -1.97. The maximum atomic E-state index is 6.77. The molecule has 0 aliphatic carbocycles. The second-order valence-electron chi connectivity index (χ2n) is 37.1. The molecule has 0 saturated heterocycles. The van der Waals surface area contributed by atoms with Crippen molar-refractivity contribution in [1.29, 1.82) is 0 Å². The van der Waals surface area contributed by atoms with E-state index in [0.29, 0.717) is 17.5 Å². The van der Waals surface area contributed by atoms with E-state index in [-0.39, 0.29) is 0 Å². The van der Waals surface area contributed by atoms with Crippen molar-refractivity contribution in [3.8, 4) is 169 Å². The zero-order valence-corrected chi connectivity index (χ0v) is 82.7. The van der Waals surface area contributed by atoms with Crippen LogP contribution in [0.4, 0.5) is 0 Å². The molecule has 702 valence electrons. The van der Waals surface area contributed by atoms with Gasteiger partial charge in [-0.1, -0.05) is 340 Å². The van der Waals surface area contributed by atoms with Crippen molar-refractivity contribution in [3.63, 3.8) is 0 Å². The van der Waals surface area contributed by atoms with Crippen LogP contribution in [-0.4, -0.2) is 44.9 Å². The van der Waals surface area contributed by atoms with Crippen LogP contribution in [0, 0.1) is 0 Å². The van der Waals surface area contributed by atoms with Crippen LogP contribution in [0.2, 0.25) is 0 Å². The van der Waals surface area contributed by atoms with Crippen molar-refractivity contribution in [2.75, 3.05) is 0 Å². The third-order valence-corrected chi connectivity index (χ3v) is 31.6. The molecule has 12 heterocycles. The first-order valence-corrected chi connectivity index (χ1v) is 52.3. The summed E-state index contributed by atoms with van der Waals surface area (Å²) in [6, 6.07) is 164. The monoisotopic (exact) mass is 1970 g/mol. The Bertz CT molecular complexity index is 10100. The summed E-state index contributed by atoms with van der Waals surface area (Å²) >= 11 is 5.51. The van der Waals surface area contributed by atoms with Crippen molar-refractivity contribution >= 4 is 160 Å². The van der Waals surface area contributed by atoms with Gasteiger partial charge < -0.3 is 13.3 Å². The fourth-order valence-corrected chi connectivity index (χ4v) is 24.6. The molecule has 0 fully saturated rings. The summed E-state index contributed by atoms with van der Waals surface area (Å²) in [5, 5.41) is 14.1. The van der Waals surface area contributed by atoms with E-state index in [4.69, 9.17) is 43.2 Å². The van der Waals surface area contributed by atoms with E-state index in [1.165, 1.54) is 77.2 Å². The smallest absolute Gasteiger partial charge is 0.164 e. The predicted octanol–water partition coefficient (Wildman–Crippen LogP) is 37.4. The lowest BCUT2D eigenvalue weighted by atomic mass is 9.93. The van der Waals surface area contributed by atoms with Gasteiger partial charge >= 0.3 is 0 Å². The maximum absolute atomic E-state index is 6.77. The Morgan fingerprint density at radius 3 is 0.793 bits per heavy atom. The zero-order chi connectivity index (χ0) is 99.1. The van der Waals surface area contributed by atoms with E-state index in [1.54, 1.807) is 0 Å². The highest BCUT2D eigenvalue weighted by atomic mass is 32.1. The molecule has 0 bridgehead atoms. The molecule has 0 N–H and O–H groups in total. The molecule has 30 rings (SSSR count). The van der Waals surface area contributed by atoms with Crippen LogP contribution in [-0.2, 0) is 0 Å². The van der Waals surface area contributed by atoms with Crippen molar-refractivity contribution in [1.82, 2.24) is 44.9 Å². The number of rotatable bonds is 15. The lowest BCUT2D eigenvalue weighted by molar-refractivity contribution is 0.669. The van der Waals surface area contributed by atoms with Gasteiger partial charge in [0.25, 0.3) is 0 Å². The molecule has 30 aromatic rings. The Morgan fingerprint density at radius 2 is 0.400 bits per heavy atom. The average molecular weight is 1970 g/mol. The van der Waals surface area contributed by atoms with Gasteiger partial charge in [0.15, 0.2) is 17.5 Å². The van der Waals surface area contributed by atoms with Gasteiger partial charge in [0.2, 0.25) is 0 Å². The number of hydrogen-bond donors (Lipinski definition) is 0. The summed E-state index contributed by atoms with van der Waals surface area (Å²) in [5.41, 5.74) is 31.4. The Morgan fingerprint density at radius 1 is 0.147 bits per heavy atom. The lowest BCUT2D eigenvalue weighted by Gasteiger charge is -2.12. The minimum Gasteiger partial charge on any atom is -0.455 e. The number of thiophene rings is 3. The van der Waals surface area contributed by atoms with Crippen molar-refractivity contribution in [2.24, 2.45) is 0 Å². The SMILES string of the molecule is c1ccc(-c2cc(-c3ccc(-c4cccc5sc6ccccc6c45)c4c3oc3ccccc34)nc(-c3ccc(-c4ccccn4)cc3)n2)cc1.c1ccc(-c2cc(-c3cccc(-c4ccccn4)c3)nc(-c3ccc(-c4cccc5sc6ccccc6c45)c4c3oc3ccccc34)n2)cc1.c1ccc(-c2nc(-c3ccc(-c4ccccn4)cc3)cc(-c3ccc(-c4cccc5sc6ccccc6c45)c4c3oc3ccccc34)n2)cc1. The van der Waals surface area contributed by atoms with Crippen LogP contribution in [0.5, 0.6) is 0 Å². The number of furan rings is 3. The number of aromatic nitrogens is 9. The summed E-state index contributed by atoms with van der Waals surface area (Å²) in [6.45, 7) is 0. The molecule has 0 saturated carbocycles. The summed E-state index contributed by atoms with van der Waals surface area (Å²) in [6.07, 6.45) is 5.45. The molecule has 12 nitrogen and oxygen atoms in total. The van der Waals surface area contributed by atoms with E-state index in [2.05, 4.69) is 343 Å². The first kappa shape index (κ1) is 88.4. The van der Waals surface area contributed by atoms with Crippen LogP contribution in [0.25, 0.3) is 295 Å². The molecule has 0 radical (unpaired) electrons. The summed E-state index contributed by atoms with van der Waals surface area (Å²) in [7, 11) is 0. The average Bonchev–Trinajstić information content (AvgIpc) is 1.57. The van der Waals surface area contributed by atoms with Crippen LogP contribution < -0.4 is 0 Å². The van der Waals surface area contributed by atoms with Gasteiger partial charge in [-0.2, -0.15) is 0 Å². The normalized spacial score (nSPS) is 11.6. The standard InChI is InChI=1S/3C45H27N3OS/c1-2-12-28(13-3-1)37-27-38(30-15-10-14-29(26-30)36-19-8-9-25-46-36)48-45(47-37)35-24-23-32(43-33-16-4-6-20-39(33)49-44(35)43)31-18-11-22-41-42(31)34-17-5-7-21-40(34)50-41;1-2-11-30(12-3-1)45-47-37(29-22-20-28(21-23-29)36-16-8-9-26-46-36)27-38(48-45)33-25-24-32(43-34-13-4-6-17-39(34)49-44(33)43)31-15-10-19-41-42(31)35-14-5-7-18-40(35)50-41;1-2-11-28(12-3-1)37-27-38(48-45(47-37)30-22-20-29(21-23-30)36-16-8-9-26-46-36)33-25-24-32(43-34-13-4-6-17-39(34)49-44(33)43)31-15-10-19-41-42(31)35-14-5-7-18-40(35)50-41/h3*1-27H. The van der Waals surface area contributed by atoms with E-state index in [0.717, 1.165) is 201 Å². The van der Waals surface area contributed by atoms with Gasteiger partial charge in [-0.05, 0) is 167 Å². The second-order valence-corrected chi connectivity index (χ2v) is 40.3. The van der Waals surface area contributed by atoms with Gasteiger partial charge in [-0.15, -0.1) is 34.0 Å². The van der Waals surface area contributed by atoms with Crippen LogP contribution in [0.15, 0.2) is 505 Å². The predicted molar refractivity (Wildman–Crippen MR) is 622 cm³/mol. The Labute approximate surface area is 872 Å². The van der Waals surface area contributed by atoms with Gasteiger partial charge in [-0.25, -0.2) is 29.9 Å². The van der Waals surface area contributed by atoms with Crippen LogP contribution >= 0.6 is 34.0 Å². The molecule has 18 aromatic carbocycles. The molecule has 0 atom stereocenters. The molecular formula is C135H81N9O3S3. The zero-order valence-electron chi connectivity index (χ0n) is 80.2. The number of fused-ring (bicyclic) bond motifs is 18. The Hall–Kier alpha value is -19.3. The van der Waals surface area contributed by atoms with Gasteiger partial charge in [0.1, 0.15) is 33.5 Å². The highest BCUT2D eigenvalue weighted by Gasteiger charge is 2.28. The first-order chi connectivity index (χ1) is 74.3. The van der Waals surface area contributed by atoms with E-state index < -0.39 is 0 Å². The summed E-state index contributed by atoms with van der Waals surface area (Å²) in [5.74, 6) is 1.92. The highest BCUT2D eigenvalue weighted by molar-refractivity contribution is 7.26. The molecular weight excluding hydrogens is 1890 g/mol. The Kier molecular flexibility index (Phi) is 22.2. The number of para-hydroxylation sites is 3. The van der Waals surface area contributed by atoms with Gasteiger partial charge in [0, 0.05) is 173 Å². The molecule has 0 amide bonds. The summed E-state index contributed by atoms with van der Waals surface area (Å²) < 4.78 is 28.0. The molecule has 0 unspecified atom stereocenters. The number of benzene rings is 18. The third-order valence-electron chi connectivity index (χ3n) is 28.2. The topological polar surface area (TPSA) is 155 Å². The van der Waals surface area contributed by atoms with Crippen molar-refractivity contribution in [3.05, 3.63) is 492 Å². The van der Waals surface area contributed by atoms with Gasteiger partial charge in [0.05, 0.1) is 56.8 Å². The highest BCUT2D eigenvalue weighted by Crippen LogP contribution is 2.53. The molecule has 0 aliphatic rings. The molecule has 0 aliphatic heterocycles. The summed E-state index contributed by atoms with van der Waals surface area (Å²) in [4.78, 5) is 44.7. The minimum atomic E-state index is 0.611. The quantitative estimate of drug-likeness (QED) is 0.0959. The third kappa shape index (κ3) is 16.0. The largest absolute Gasteiger partial charge is 0.455 e. The van der Waals surface area contributed by atoms with Crippen molar-refractivity contribution in [2.45, 2.75) is 0 Å². The number of nitrogens with zero attached hydrogens (tertiary/aromatic N) is 9. The molecule has 0 spiro atoms. The van der Waals surface area contributed by atoms with E-state index in [1.807, 2.05) is 198 Å². The van der Waals surface area contributed by atoms with Crippen LogP contribution in [0.3, 0.4) is 0 Å². The van der Waals surface area contributed by atoms with E-state index in [9.17, 15) is 0 Å². The maximum Gasteiger partial charge on any atom is 0.164 e. The molecule has 12 aromatic heterocycles. The fourth-order valence-electron chi connectivity index (χ4n) is 21.2. The fraction of sp³-hybridized carbons (Fsp3) is 0.